The molecule has 4 atom stereocenters. The molecule has 0 spiro atoms. The van der Waals surface area contributed by atoms with E-state index in [1.54, 1.807) is 0 Å². The van der Waals surface area contributed by atoms with Gasteiger partial charge in [0.1, 0.15) is 24.4 Å². The standard InChI is InChI=1S/C21H22O5/c22-21(25-17-11-13-23-19(17)15-7-3-1-4-8-15)26-18-12-14-24-20(18)16-9-5-2-6-10-16/h1-10,17-20H,11-14H2. The largest absolute Gasteiger partial charge is 0.509 e. The van der Waals surface area contributed by atoms with Crippen molar-refractivity contribution >= 4 is 6.16 Å². The molecule has 2 aliphatic rings. The van der Waals surface area contributed by atoms with Crippen LogP contribution in [-0.4, -0.2) is 31.6 Å². The van der Waals surface area contributed by atoms with Gasteiger partial charge in [-0.05, 0) is 11.1 Å². The molecule has 2 aliphatic heterocycles. The van der Waals surface area contributed by atoms with Crippen LogP contribution in [0.15, 0.2) is 60.7 Å². The first-order valence-corrected chi connectivity index (χ1v) is 9.01. The van der Waals surface area contributed by atoms with E-state index in [0.717, 1.165) is 11.1 Å². The zero-order valence-corrected chi connectivity index (χ0v) is 14.5. The van der Waals surface area contributed by atoms with Gasteiger partial charge in [-0.2, -0.15) is 0 Å². The molecule has 2 heterocycles. The molecule has 2 saturated heterocycles. The number of rotatable bonds is 4. The zero-order valence-electron chi connectivity index (χ0n) is 14.5. The zero-order chi connectivity index (χ0) is 17.8. The van der Waals surface area contributed by atoms with E-state index in [9.17, 15) is 4.79 Å². The first-order chi connectivity index (χ1) is 12.8. The van der Waals surface area contributed by atoms with E-state index in [1.165, 1.54) is 0 Å². The van der Waals surface area contributed by atoms with Gasteiger partial charge in [0.15, 0.2) is 0 Å². The van der Waals surface area contributed by atoms with Crippen molar-refractivity contribution < 1.29 is 23.7 Å². The van der Waals surface area contributed by atoms with Crippen LogP contribution in [-0.2, 0) is 18.9 Å². The summed E-state index contributed by atoms with van der Waals surface area (Å²) in [5.41, 5.74) is 2.02. The molecule has 0 aromatic heterocycles. The molecule has 4 unspecified atom stereocenters. The van der Waals surface area contributed by atoms with Crippen LogP contribution < -0.4 is 0 Å². The predicted octanol–water partition coefficient (Wildman–Crippen LogP) is 4.20. The van der Waals surface area contributed by atoms with Crippen molar-refractivity contribution in [2.45, 2.75) is 37.3 Å². The van der Waals surface area contributed by atoms with Gasteiger partial charge < -0.3 is 18.9 Å². The van der Waals surface area contributed by atoms with Crippen molar-refractivity contribution in [3.8, 4) is 0 Å². The molecule has 136 valence electrons. The maximum Gasteiger partial charge on any atom is 0.509 e. The van der Waals surface area contributed by atoms with Crippen molar-refractivity contribution in [3.05, 3.63) is 71.8 Å². The van der Waals surface area contributed by atoms with E-state index in [1.807, 2.05) is 60.7 Å². The SMILES string of the molecule is O=C(OC1CCOC1c1ccccc1)OC1CCOC1c1ccccc1. The Morgan fingerprint density at radius 1 is 0.731 bits per heavy atom. The summed E-state index contributed by atoms with van der Waals surface area (Å²) in [7, 11) is 0. The molecular weight excluding hydrogens is 332 g/mol. The van der Waals surface area contributed by atoms with Crippen LogP contribution in [0.3, 0.4) is 0 Å². The highest BCUT2D eigenvalue weighted by molar-refractivity contribution is 5.60. The smallest absolute Gasteiger partial charge is 0.428 e. The highest BCUT2D eigenvalue weighted by Crippen LogP contribution is 2.34. The molecule has 2 aromatic carbocycles. The monoisotopic (exact) mass is 354 g/mol. The summed E-state index contributed by atoms with van der Waals surface area (Å²) in [6.45, 7) is 1.13. The Morgan fingerprint density at radius 2 is 1.15 bits per heavy atom. The first kappa shape index (κ1) is 17.1. The lowest BCUT2D eigenvalue weighted by Gasteiger charge is -2.22. The quantitative estimate of drug-likeness (QED) is 0.770. The molecule has 0 amide bonds. The third-order valence-electron chi connectivity index (χ3n) is 4.83. The average Bonchev–Trinajstić information content (AvgIpc) is 3.32. The van der Waals surface area contributed by atoms with Gasteiger partial charge in [0, 0.05) is 12.8 Å². The maximum atomic E-state index is 12.4. The van der Waals surface area contributed by atoms with Crippen LogP contribution in [0.5, 0.6) is 0 Å². The fraction of sp³-hybridized carbons (Fsp3) is 0.381. The van der Waals surface area contributed by atoms with Crippen molar-refractivity contribution in [1.82, 2.24) is 0 Å². The summed E-state index contributed by atoms with van der Waals surface area (Å²) in [5, 5.41) is 0. The lowest BCUT2D eigenvalue weighted by atomic mass is 10.0. The summed E-state index contributed by atoms with van der Waals surface area (Å²) < 4.78 is 22.7. The highest BCUT2D eigenvalue weighted by atomic mass is 16.7. The Bertz CT molecular complexity index is 656. The molecule has 2 aromatic rings. The summed E-state index contributed by atoms with van der Waals surface area (Å²) in [6, 6.07) is 19.6. The third kappa shape index (κ3) is 3.74. The lowest BCUT2D eigenvalue weighted by molar-refractivity contribution is -0.0429. The minimum atomic E-state index is -0.655. The Labute approximate surface area is 152 Å². The fourth-order valence-corrected chi connectivity index (χ4v) is 3.56. The molecule has 0 saturated carbocycles. The van der Waals surface area contributed by atoms with Gasteiger partial charge in [-0.3, -0.25) is 0 Å². The normalized spacial score (nSPS) is 28.0. The molecule has 0 aliphatic carbocycles. The van der Waals surface area contributed by atoms with Crippen LogP contribution >= 0.6 is 0 Å². The Hall–Kier alpha value is -2.37. The lowest BCUT2D eigenvalue weighted by Crippen LogP contribution is -2.27. The van der Waals surface area contributed by atoms with Crippen molar-refractivity contribution in [2.75, 3.05) is 13.2 Å². The van der Waals surface area contributed by atoms with E-state index >= 15 is 0 Å². The number of benzene rings is 2. The van der Waals surface area contributed by atoms with E-state index in [0.29, 0.717) is 26.1 Å². The number of carbonyl (C=O) groups is 1. The van der Waals surface area contributed by atoms with Gasteiger partial charge in [0.25, 0.3) is 0 Å². The average molecular weight is 354 g/mol. The molecule has 5 nitrogen and oxygen atoms in total. The Morgan fingerprint density at radius 3 is 1.58 bits per heavy atom. The third-order valence-corrected chi connectivity index (χ3v) is 4.83. The molecular formula is C21H22O5. The fourth-order valence-electron chi connectivity index (χ4n) is 3.56. The van der Waals surface area contributed by atoms with Gasteiger partial charge >= 0.3 is 6.16 Å². The maximum absolute atomic E-state index is 12.4. The second-order valence-electron chi connectivity index (χ2n) is 6.54. The highest BCUT2D eigenvalue weighted by Gasteiger charge is 2.37. The molecule has 2 fully saturated rings. The number of hydrogen-bond donors (Lipinski definition) is 0. The second-order valence-corrected chi connectivity index (χ2v) is 6.54. The number of hydrogen-bond acceptors (Lipinski definition) is 5. The molecule has 26 heavy (non-hydrogen) atoms. The van der Waals surface area contributed by atoms with Gasteiger partial charge in [0.05, 0.1) is 13.2 Å². The van der Waals surface area contributed by atoms with E-state index in [2.05, 4.69) is 0 Å². The van der Waals surface area contributed by atoms with E-state index < -0.39 is 6.16 Å². The Kier molecular flexibility index (Phi) is 5.18. The van der Waals surface area contributed by atoms with E-state index in [-0.39, 0.29) is 24.4 Å². The predicted molar refractivity (Wildman–Crippen MR) is 94.6 cm³/mol. The topological polar surface area (TPSA) is 54.0 Å². The Balaban J connectivity index is 1.37. The molecule has 0 N–H and O–H groups in total. The van der Waals surface area contributed by atoms with Gasteiger partial charge in [-0.1, -0.05) is 60.7 Å². The minimum absolute atomic E-state index is 0.242. The van der Waals surface area contributed by atoms with Crippen LogP contribution in [0.1, 0.15) is 36.2 Å². The van der Waals surface area contributed by atoms with Crippen molar-refractivity contribution in [1.29, 1.82) is 0 Å². The minimum Gasteiger partial charge on any atom is -0.428 e. The summed E-state index contributed by atoms with van der Waals surface area (Å²) in [5.74, 6) is 0. The molecule has 5 heteroatoms. The van der Waals surface area contributed by atoms with Gasteiger partial charge in [-0.15, -0.1) is 0 Å². The van der Waals surface area contributed by atoms with Crippen LogP contribution in [0.4, 0.5) is 4.79 Å². The van der Waals surface area contributed by atoms with Crippen molar-refractivity contribution in [2.24, 2.45) is 0 Å². The molecule has 0 bridgehead atoms. The second kappa shape index (κ2) is 7.89. The van der Waals surface area contributed by atoms with Gasteiger partial charge in [0.2, 0.25) is 0 Å². The summed E-state index contributed by atoms with van der Waals surface area (Å²) in [4.78, 5) is 12.4. The van der Waals surface area contributed by atoms with E-state index in [4.69, 9.17) is 18.9 Å². The number of ether oxygens (including phenoxy) is 4. The first-order valence-electron chi connectivity index (χ1n) is 9.01. The van der Waals surface area contributed by atoms with Crippen LogP contribution in [0.2, 0.25) is 0 Å². The van der Waals surface area contributed by atoms with Crippen LogP contribution in [0.25, 0.3) is 0 Å². The van der Waals surface area contributed by atoms with Crippen molar-refractivity contribution in [3.63, 3.8) is 0 Å². The summed E-state index contributed by atoms with van der Waals surface area (Å²) >= 11 is 0. The van der Waals surface area contributed by atoms with Crippen LogP contribution in [0, 0.1) is 0 Å². The summed E-state index contributed by atoms with van der Waals surface area (Å²) in [6.07, 6.45) is -0.472. The molecule has 0 radical (unpaired) electrons. The van der Waals surface area contributed by atoms with Gasteiger partial charge in [-0.25, -0.2) is 4.79 Å². The number of carbonyl (C=O) groups excluding carboxylic acids is 1. The molecule has 4 rings (SSSR count).